The SMILES string of the molecule is COc1cc(NC(=O)CN(C)Cc2ccc(C(F)(F)F)cc2)cc(OC)c1. The second-order valence-corrected chi connectivity index (χ2v) is 6.02. The van der Waals surface area contributed by atoms with Gasteiger partial charge in [0, 0.05) is 30.4 Å². The van der Waals surface area contributed by atoms with Crippen molar-refractivity contribution in [2.24, 2.45) is 0 Å². The number of alkyl halides is 3. The molecule has 0 fully saturated rings. The highest BCUT2D eigenvalue weighted by molar-refractivity contribution is 5.92. The number of carbonyl (C=O) groups is 1. The lowest BCUT2D eigenvalue weighted by molar-refractivity contribution is -0.137. The minimum Gasteiger partial charge on any atom is -0.497 e. The van der Waals surface area contributed by atoms with Gasteiger partial charge in [0.25, 0.3) is 0 Å². The van der Waals surface area contributed by atoms with E-state index in [-0.39, 0.29) is 12.5 Å². The van der Waals surface area contributed by atoms with E-state index in [2.05, 4.69) is 5.32 Å². The number of ether oxygens (including phenoxy) is 2. The first-order chi connectivity index (χ1) is 12.7. The van der Waals surface area contributed by atoms with Crippen LogP contribution in [0.15, 0.2) is 42.5 Å². The normalized spacial score (nSPS) is 11.4. The quantitative estimate of drug-likeness (QED) is 0.792. The number of benzene rings is 2. The van der Waals surface area contributed by atoms with E-state index in [0.29, 0.717) is 29.3 Å². The Balaban J connectivity index is 1.94. The summed E-state index contributed by atoms with van der Waals surface area (Å²) in [6.45, 7) is 0.410. The molecule has 146 valence electrons. The number of hydrogen-bond donors (Lipinski definition) is 1. The minimum atomic E-state index is -4.36. The molecule has 0 aliphatic heterocycles. The van der Waals surface area contributed by atoms with Crippen LogP contribution in [0.3, 0.4) is 0 Å². The fraction of sp³-hybridized carbons (Fsp3) is 0.316. The van der Waals surface area contributed by atoms with Crippen molar-refractivity contribution in [2.45, 2.75) is 12.7 Å². The highest BCUT2D eigenvalue weighted by Crippen LogP contribution is 2.29. The smallest absolute Gasteiger partial charge is 0.416 e. The van der Waals surface area contributed by atoms with Crippen LogP contribution in [0.4, 0.5) is 18.9 Å². The third-order valence-electron chi connectivity index (χ3n) is 3.78. The molecular formula is C19H21F3N2O3. The van der Waals surface area contributed by atoms with Crippen molar-refractivity contribution in [2.75, 3.05) is 33.1 Å². The Morgan fingerprint density at radius 2 is 1.59 bits per heavy atom. The predicted octanol–water partition coefficient (Wildman–Crippen LogP) is 3.79. The molecule has 0 heterocycles. The van der Waals surface area contributed by atoms with Gasteiger partial charge in [0.05, 0.1) is 26.3 Å². The zero-order chi connectivity index (χ0) is 20.0. The van der Waals surface area contributed by atoms with Gasteiger partial charge >= 0.3 is 6.18 Å². The molecule has 0 saturated carbocycles. The summed E-state index contributed by atoms with van der Waals surface area (Å²) in [7, 11) is 4.74. The number of amides is 1. The first kappa shape index (κ1) is 20.6. The summed E-state index contributed by atoms with van der Waals surface area (Å²) >= 11 is 0. The molecule has 8 heteroatoms. The number of nitrogens with zero attached hydrogens (tertiary/aromatic N) is 1. The number of hydrogen-bond acceptors (Lipinski definition) is 4. The molecule has 1 amide bonds. The minimum absolute atomic E-state index is 0.0700. The van der Waals surface area contributed by atoms with Gasteiger partial charge in [-0.05, 0) is 24.7 Å². The van der Waals surface area contributed by atoms with Crippen LogP contribution in [0.25, 0.3) is 0 Å². The van der Waals surface area contributed by atoms with E-state index in [1.807, 2.05) is 0 Å². The number of halogens is 3. The van der Waals surface area contributed by atoms with Crippen molar-refractivity contribution in [3.05, 3.63) is 53.6 Å². The van der Waals surface area contributed by atoms with Gasteiger partial charge in [0.15, 0.2) is 0 Å². The molecule has 2 aromatic carbocycles. The molecule has 0 radical (unpaired) electrons. The third-order valence-corrected chi connectivity index (χ3v) is 3.78. The summed E-state index contributed by atoms with van der Waals surface area (Å²) in [6, 6.07) is 9.89. The Kier molecular flexibility index (Phi) is 6.68. The summed E-state index contributed by atoms with van der Waals surface area (Å²) in [6.07, 6.45) is -4.36. The summed E-state index contributed by atoms with van der Waals surface area (Å²) < 4.78 is 48.1. The third kappa shape index (κ3) is 6.18. The zero-order valence-electron chi connectivity index (χ0n) is 15.3. The van der Waals surface area contributed by atoms with Crippen molar-refractivity contribution in [1.29, 1.82) is 0 Å². The van der Waals surface area contributed by atoms with Gasteiger partial charge in [-0.3, -0.25) is 9.69 Å². The Bertz CT molecular complexity index is 755. The Morgan fingerprint density at radius 1 is 1.04 bits per heavy atom. The number of carbonyl (C=O) groups excluding carboxylic acids is 1. The first-order valence-electron chi connectivity index (χ1n) is 8.09. The molecule has 2 rings (SSSR count). The van der Waals surface area contributed by atoms with Crippen molar-refractivity contribution >= 4 is 11.6 Å². The number of nitrogens with one attached hydrogen (secondary N) is 1. The van der Waals surface area contributed by atoms with Crippen molar-refractivity contribution < 1.29 is 27.4 Å². The molecule has 27 heavy (non-hydrogen) atoms. The molecule has 1 N–H and O–H groups in total. The summed E-state index contributed by atoms with van der Waals surface area (Å²) in [5.74, 6) is 0.824. The van der Waals surface area contributed by atoms with E-state index in [4.69, 9.17) is 9.47 Å². The maximum absolute atomic E-state index is 12.6. The fourth-order valence-corrected chi connectivity index (χ4v) is 2.49. The maximum atomic E-state index is 12.6. The Labute approximate surface area is 155 Å². The van der Waals surface area contributed by atoms with Gasteiger partial charge in [0.2, 0.25) is 5.91 Å². The maximum Gasteiger partial charge on any atom is 0.416 e. The second kappa shape index (κ2) is 8.77. The Hall–Kier alpha value is -2.74. The molecule has 2 aromatic rings. The first-order valence-corrected chi connectivity index (χ1v) is 8.09. The molecule has 5 nitrogen and oxygen atoms in total. The summed E-state index contributed by atoms with van der Waals surface area (Å²) in [5.41, 5.74) is 0.513. The highest BCUT2D eigenvalue weighted by atomic mass is 19.4. The molecule has 0 unspecified atom stereocenters. The number of methoxy groups -OCH3 is 2. The molecule has 0 spiro atoms. The lowest BCUT2D eigenvalue weighted by atomic mass is 10.1. The van der Waals surface area contributed by atoms with Crippen LogP contribution in [0, 0.1) is 0 Å². The number of anilines is 1. The molecule has 0 bridgehead atoms. The van der Waals surface area contributed by atoms with Crippen LogP contribution in [-0.2, 0) is 17.5 Å². The molecule has 0 saturated heterocycles. The van der Waals surface area contributed by atoms with Crippen LogP contribution in [0.1, 0.15) is 11.1 Å². The van der Waals surface area contributed by atoms with Crippen molar-refractivity contribution in [1.82, 2.24) is 4.90 Å². The van der Waals surface area contributed by atoms with E-state index in [0.717, 1.165) is 12.1 Å². The molecule has 0 aliphatic carbocycles. The van der Waals surface area contributed by atoms with Crippen LogP contribution in [0.5, 0.6) is 11.5 Å². The van der Waals surface area contributed by atoms with Gasteiger partial charge < -0.3 is 14.8 Å². The topological polar surface area (TPSA) is 50.8 Å². The van der Waals surface area contributed by atoms with E-state index in [1.54, 1.807) is 30.1 Å². The second-order valence-electron chi connectivity index (χ2n) is 6.02. The molecule has 0 atom stereocenters. The standard InChI is InChI=1S/C19H21F3N2O3/c1-24(11-13-4-6-14(7-5-13)19(20,21)22)12-18(25)23-15-8-16(26-2)10-17(9-15)27-3/h4-10H,11-12H2,1-3H3,(H,23,25). The van der Waals surface area contributed by atoms with Gasteiger partial charge in [0.1, 0.15) is 11.5 Å². The molecular weight excluding hydrogens is 361 g/mol. The monoisotopic (exact) mass is 382 g/mol. The molecule has 0 aromatic heterocycles. The molecule has 0 aliphatic rings. The van der Waals surface area contributed by atoms with Crippen LogP contribution in [-0.4, -0.2) is 38.6 Å². The van der Waals surface area contributed by atoms with E-state index < -0.39 is 11.7 Å². The van der Waals surface area contributed by atoms with Gasteiger partial charge in [-0.2, -0.15) is 13.2 Å². The lowest BCUT2D eigenvalue weighted by Gasteiger charge is -2.17. The van der Waals surface area contributed by atoms with Crippen LogP contribution in [0.2, 0.25) is 0 Å². The van der Waals surface area contributed by atoms with Crippen molar-refractivity contribution in [3.63, 3.8) is 0 Å². The zero-order valence-corrected chi connectivity index (χ0v) is 15.3. The van der Waals surface area contributed by atoms with Crippen LogP contribution >= 0.6 is 0 Å². The lowest BCUT2D eigenvalue weighted by Crippen LogP contribution is -2.29. The predicted molar refractivity (Wildman–Crippen MR) is 96.0 cm³/mol. The summed E-state index contributed by atoms with van der Waals surface area (Å²) in [5, 5.41) is 2.75. The van der Waals surface area contributed by atoms with Gasteiger partial charge in [-0.15, -0.1) is 0 Å². The average molecular weight is 382 g/mol. The van der Waals surface area contributed by atoms with Crippen molar-refractivity contribution in [3.8, 4) is 11.5 Å². The van der Waals surface area contributed by atoms with E-state index in [9.17, 15) is 18.0 Å². The number of rotatable bonds is 7. The van der Waals surface area contributed by atoms with E-state index >= 15 is 0 Å². The largest absolute Gasteiger partial charge is 0.497 e. The van der Waals surface area contributed by atoms with Gasteiger partial charge in [-0.1, -0.05) is 12.1 Å². The van der Waals surface area contributed by atoms with Gasteiger partial charge in [-0.25, -0.2) is 0 Å². The van der Waals surface area contributed by atoms with Crippen LogP contribution < -0.4 is 14.8 Å². The fourth-order valence-electron chi connectivity index (χ4n) is 2.49. The van der Waals surface area contributed by atoms with E-state index in [1.165, 1.54) is 26.4 Å². The Morgan fingerprint density at radius 3 is 2.07 bits per heavy atom. The summed E-state index contributed by atoms with van der Waals surface area (Å²) in [4.78, 5) is 13.9. The number of likely N-dealkylation sites (N-methyl/N-ethyl adjacent to an activating group) is 1. The highest BCUT2D eigenvalue weighted by Gasteiger charge is 2.29. The average Bonchev–Trinajstić information content (AvgIpc) is 2.60.